The van der Waals surface area contributed by atoms with E-state index in [4.69, 9.17) is 5.73 Å². The van der Waals surface area contributed by atoms with Crippen molar-refractivity contribution in [3.05, 3.63) is 45.8 Å². The number of amides is 1. The van der Waals surface area contributed by atoms with Gasteiger partial charge in [0.25, 0.3) is 5.91 Å². The number of rotatable bonds is 3. The van der Waals surface area contributed by atoms with E-state index in [0.29, 0.717) is 17.4 Å². The number of para-hydroxylation sites is 1. The number of benzene rings is 1. The number of nitrogen functional groups attached to an aromatic ring is 1. The lowest BCUT2D eigenvalue weighted by atomic mass is 10.3. The molecular weight excluding hydrogens is 353 g/mol. The van der Waals surface area contributed by atoms with Crippen LogP contribution in [0.3, 0.4) is 0 Å². The molecule has 0 radical (unpaired) electrons. The smallest absolute Gasteiger partial charge is 0.272 e. The highest BCUT2D eigenvalue weighted by molar-refractivity contribution is 14.1. The van der Waals surface area contributed by atoms with Gasteiger partial charge in [-0.25, -0.2) is 0 Å². The first-order valence-electron chi connectivity index (χ1n) is 6.18. The molecule has 0 aliphatic heterocycles. The summed E-state index contributed by atoms with van der Waals surface area (Å²) in [6.45, 7) is 0. The molecule has 1 aromatic carbocycles. The highest BCUT2D eigenvalue weighted by Gasteiger charge is 2.27. The van der Waals surface area contributed by atoms with Crippen LogP contribution in [0.1, 0.15) is 29.4 Å². The highest BCUT2D eigenvalue weighted by atomic mass is 127. The molecule has 1 heterocycles. The van der Waals surface area contributed by atoms with Gasteiger partial charge in [-0.05, 0) is 53.6 Å². The Morgan fingerprint density at radius 2 is 2.11 bits per heavy atom. The summed E-state index contributed by atoms with van der Waals surface area (Å²) >= 11 is 2.21. The van der Waals surface area contributed by atoms with Gasteiger partial charge in [0, 0.05) is 15.8 Å². The van der Waals surface area contributed by atoms with Crippen molar-refractivity contribution in [3.63, 3.8) is 0 Å². The van der Waals surface area contributed by atoms with E-state index >= 15 is 0 Å². The topological polar surface area (TPSA) is 60.1 Å². The number of nitrogens with zero attached hydrogens (tertiary/aromatic N) is 1. The lowest BCUT2D eigenvalue weighted by Gasteiger charge is -2.09. The fraction of sp³-hybridized carbons (Fsp3) is 0.214. The molecule has 0 spiro atoms. The van der Waals surface area contributed by atoms with Crippen LogP contribution < -0.4 is 11.1 Å². The average Bonchev–Trinajstić information content (AvgIpc) is 3.15. The van der Waals surface area contributed by atoms with Crippen molar-refractivity contribution >= 4 is 39.9 Å². The van der Waals surface area contributed by atoms with Crippen LogP contribution in [0.25, 0.3) is 0 Å². The van der Waals surface area contributed by atoms with Crippen LogP contribution in [0, 0.1) is 3.57 Å². The quantitative estimate of drug-likeness (QED) is 0.819. The minimum absolute atomic E-state index is 0.104. The van der Waals surface area contributed by atoms with E-state index in [2.05, 4.69) is 27.9 Å². The summed E-state index contributed by atoms with van der Waals surface area (Å²) in [6, 6.07) is 9.89. The van der Waals surface area contributed by atoms with E-state index in [1.807, 2.05) is 35.0 Å². The zero-order chi connectivity index (χ0) is 13.4. The number of nitrogens with two attached hydrogens (primary N) is 1. The number of hydrogen-bond donors (Lipinski definition) is 2. The van der Waals surface area contributed by atoms with Crippen LogP contribution in [0.5, 0.6) is 0 Å². The maximum absolute atomic E-state index is 12.3. The van der Waals surface area contributed by atoms with Gasteiger partial charge < -0.3 is 15.6 Å². The van der Waals surface area contributed by atoms with E-state index in [-0.39, 0.29) is 5.91 Å². The molecule has 4 nitrogen and oxygen atoms in total. The zero-order valence-electron chi connectivity index (χ0n) is 10.3. The van der Waals surface area contributed by atoms with Crippen LogP contribution in [0.4, 0.5) is 11.4 Å². The maximum atomic E-state index is 12.3. The van der Waals surface area contributed by atoms with Gasteiger partial charge in [-0.15, -0.1) is 0 Å². The first-order chi connectivity index (χ1) is 9.15. The summed E-state index contributed by atoms with van der Waals surface area (Å²) in [4.78, 5) is 12.3. The molecule has 1 saturated carbocycles. The molecule has 1 amide bonds. The van der Waals surface area contributed by atoms with Crippen molar-refractivity contribution < 1.29 is 4.79 Å². The molecule has 3 rings (SSSR count). The van der Waals surface area contributed by atoms with Gasteiger partial charge in [0.2, 0.25) is 0 Å². The molecule has 98 valence electrons. The SMILES string of the molecule is Nc1cc(C(=O)Nc2ccccc2I)n(C2CC2)c1. The number of halogens is 1. The number of aromatic nitrogens is 1. The number of hydrogen-bond acceptors (Lipinski definition) is 2. The monoisotopic (exact) mass is 367 g/mol. The second-order valence-corrected chi connectivity index (χ2v) is 5.89. The van der Waals surface area contributed by atoms with Gasteiger partial charge in [-0.2, -0.15) is 0 Å². The number of carbonyl (C=O) groups excluding carboxylic acids is 1. The molecule has 1 aliphatic rings. The van der Waals surface area contributed by atoms with Crippen LogP contribution in [0.15, 0.2) is 36.5 Å². The van der Waals surface area contributed by atoms with Gasteiger partial charge in [0.15, 0.2) is 0 Å². The van der Waals surface area contributed by atoms with Crippen molar-refractivity contribution in [2.45, 2.75) is 18.9 Å². The fourth-order valence-electron chi connectivity index (χ4n) is 2.09. The summed E-state index contributed by atoms with van der Waals surface area (Å²) in [5, 5.41) is 2.94. The van der Waals surface area contributed by atoms with Crippen LogP contribution in [-0.2, 0) is 0 Å². The molecule has 2 aromatic rings. The van der Waals surface area contributed by atoms with Gasteiger partial charge in [-0.1, -0.05) is 12.1 Å². The maximum Gasteiger partial charge on any atom is 0.272 e. The molecule has 0 unspecified atom stereocenters. The van der Waals surface area contributed by atoms with Crippen molar-refractivity contribution in [3.8, 4) is 0 Å². The second-order valence-electron chi connectivity index (χ2n) is 4.73. The summed E-state index contributed by atoms with van der Waals surface area (Å²) < 4.78 is 3.01. The van der Waals surface area contributed by atoms with Gasteiger partial charge in [0.05, 0.1) is 11.4 Å². The van der Waals surface area contributed by atoms with E-state index in [1.54, 1.807) is 6.07 Å². The minimum Gasteiger partial charge on any atom is -0.397 e. The van der Waals surface area contributed by atoms with Gasteiger partial charge in [0.1, 0.15) is 5.69 Å². The van der Waals surface area contributed by atoms with Crippen molar-refractivity contribution in [1.82, 2.24) is 4.57 Å². The molecule has 0 atom stereocenters. The molecular formula is C14H14IN3O. The Labute approximate surface area is 125 Å². The van der Waals surface area contributed by atoms with Gasteiger partial charge >= 0.3 is 0 Å². The second kappa shape index (κ2) is 4.88. The van der Waals surface area contributed by atoms with Crippen molar-refractivity contribution in [1.29, 1.82) is 0 Å². The Bertz CT molecular complexity index is 631. The Morgan fingerprint density at radius 1 is 1.37 bits per heavy atom. The normalized spacial score (nSPS) is 14.4. The summed E-state index contributed by atoms with van der Waals surface area (Å²) in [7, 11) is 0. The lowest BCUT2D eigenvalue weighted by molar-refractivity contribution is 0.101. The van der Waals surface area contributed by atoms with Crippen LogP contribution >= 0.6 is 22.6 Å². The highest BCUT2D eigenvalue weighted by Crippen LogP contribution is 2.37. The zero-order valence-corrected chi connectivity index (χ0v) is 12.4. The Kier molecular flexibility index (Phi) is 3.22. The molecule has 1 aliphatic carbocycles. The Hall–Kier alpha value is -1.50. The van der Waals surface area contributed by atoms with E-state index in [1.165, 1.54) is 0 Å². The van der Waals surface area contributed by atoms with Crippen molar-refractivity contribution in [2.75, 3.05) is 11.1 Å². The Balaban J connectivity index is 1.86. The molecule has 0 saturated heterocycles. The number of carbonyl (C=O) groups is 1. The minimum atomic E-state index is -0.104. The fourth-order valence-corrected chi connectivity index (χ4v) is 2.61. The molecule has 0 bridgehead atoms. The molecule has 5 heteroatoms. The van der Waals surface area contributed by atoms with E-state index in [9.17, 15) is 4.79 Å². The first kappa shape index (κ1) is 12.5. The average molecular weight is 367 g/mol. The van der Waals surface area contributed by atoms with E-state index in [0.717, 1.165) is 22.1 Å². The van der Waals surface area contributed by atoms with E-state index < -0.39 is 0 Å². The third-order valence-electron chi connectivity index (χ3n) is 3.16. The molecule has 19 heavy (non-hydrogen) atoms. The summed E-state index contributed by atoms with van der Waals surface area (Å²) in [6.07, 6.45) is 4.09. The standard InChI is InChI=1S/C14H14IN3O/c15-11-3-1-2-4-12(11)17-14(19)13-7-9(16)8-18(13)10-5-6-10/h1-4,7-8,10H,5-6,16H2,(H,17,19). The van der Waals surface area contributed by atoms with Crippen LogP contribution in [0.2, 0.25) is 0 Å². The predicted molar refractivity (Wildman–Crippen MR) is 84.2 cm³/mol. The largest absolute Gasteiger partial charge is 0.397 e. The molecule has 1 fully saturated rings. The number of anilines is 2. The lowest BCUT2D eigenvalue weighted by Crippen LogP contribution is -2.16. The molecule has 3 N–H and O–H groups in total. The molecule has 1 aromatic heterocycles. The van der Waals surface area contributed by atoms with Gasteiger partial charge in [-0.3, -0.25) is 4.79 Å². The van der Waals surface area contributed by atoms with Crippen molar-refractivity contribution in [2.24, 2.45) is 0 Å². The third kappa shape index (κ3) is 2.60. The summed E-state index contributed by atoms with van der Waals surface area (Å²) in [5.41, 5.74) is 7.91. The van der Waals surface area contributed by atoms with Crippen LogP contribution in [-0.4, -0.2) is 10.5 Å². The Morgan fingerprint density at radius 3 is 2.79 bits per heavy atom. The third-order valence-corrected chi connectivity index (χ3v) is 4.11. The summed E-state index contributed by atoms with van der Waals surface area (Å²) in [5.74, 6) is -0.104. The number of nitrogens with one attached hydrogen (secondary N) is 1. The first-order valence-corrected chi connectivity index (χ1v) is 7.26. The predicted octanol–water partition coefficient (Wildman–Crippen LogP) is 3.26.